The molecule has 1 aromatic carbocycles. The summed E-state index contributed by atoms with van der Waals surface area (Å²) in [4.78, 5) is 17.5. The van der Waals surface area contributed by atoms with Crippen LogP contribution in [0.15, 0.2) is 50.7 Å². The molecule has 1 fully saturated rings. The summed E-state index contributed by atoms with van der Waals surface area (Å²) < 4.78 is 12.8. The highest BCUT2D eigenvalue weighted by Crippen LogP contribution is 2.47. The number of aromatic nitrogens is 2. The highest BCUT2D eigenvalue weighted by atomic mass is 16.5. The lowest BCUT2D eigenvalue weighted by molar-refractivity contribution is 0.141. The first-order valence-corrected chi connectivity index (χ1v) is 10.1. The van der Waals surface area contributed by atoms with Crippen LogP contribution in [-0.4, -0.2) is 29.0 Å². The van der Waals surface area contributed by atoms with Crippen molar-refractivity contribution in [1.82, 2.24) is 9.55 Å². The Hall–Kier alpha value is -2.93. The summed E-state index contributed by atoms with van der Waals surface area (Å²) in [5.41, 5.74) is 3.47. The van der Waals surface area contributed by atoms with Gasteiger partial charge >= 0.3 is 0 Å². The van der Waals surface area contributed by atoms with Crippen molar-refractivity contribution in [3.8, 4) is 0 Å². The van der Waals surface area contributed by atoms with Crippen LogP contribution in [0, 0.1) is 5.92 Å². The van der Waals surface area contributed by atoms with E-state index in [4.69, 9.17) is 9.15 Å². The van der Waals surface area contributed by atoms with Gasteiger partial charge in [0.15, 0.2) is 0 Å². The molecule has 29 heavy (non-hydrogen) atoms. The fourth-order valence-electron chi connectivity index (χ4n) is 3.44. The number of furan rings is 1. The van der Waals surface area contributed by atoms with Gasteiger partial charge in [-0.3, -0.25) is 9.36 Å². The van der Waals surface area contributed by atoms with E-state index in [-0.39, 0.29) is 5.56 Å². The van der Waals surface area contributed by atoms with Crippen LogP contribution in [0.2, 0.25) is 0 Å². The van der Waals surface area contributed by atoms with E-state index in [0.717, 1.165) is 5.76 Å². The first-order chi connectivity index (χ1) is 14.2. The standard InChI is InChI=1S/C22H26N4O3/c1-3-28-12-6-11-26-21(27)17-7-4-5-8-19(17)24-22(26)25-23-14-16-9-10-20(29-16)18-13-15(18)2/h4-5,7-10,14-15,18H,3,6,11-13H2,1-2H3,(H,24,25)/b23-14-/t15-,18-/m0/s1. The van der Waals surface area contributed by atoms with Crippen LogP contribution in [-0.2, 0) is 11.3 Å². The number of benzene rings is 1. The second kappa shape index (κ2) is 8.61. The van der Waals surface area contributed by atoms with E-state index in [1.54, 1.807) is 16.8 Å². The molecule has 7 heteroatoms. The molecule has 152 valence electrons. The van der Waals surface area contributed by atoms with Gasteiger partial charge in [0.2, 0.25) is 5.95 Å². The molecule has 2 atom stereocenters. The number of para-hydroxylation sites is 1. The third-order valence-electron chi connectivity index (χ3n) is 5.21. The normalized spacial score (nSPS) is 18.6. The highest BCUT2D eigenvalue weighted by Gasteiger charge is 2.36. The molecule has 0 unspecified atom stereocenters. The van der Waals surface area contributed by atoms with Crippen molar-refractivity contribution in [3.63, 3.8) is 0 Å². The Labute approximate surface area is 169 Å². The predicted octanol–water partition coefficient (Wildman–Crippen LogP) is 3.99. The summed E-state index contributed by atoms with van der Waals surface area (Å²) in [5.74, 6) is 3.32. The van der Waals surface area contributed by atoms with Crippen LogP contribution in [0.3, 0.4) is 0 Å². The van der Waals surface area contributed by atoms with E-state index in [0.29, 0.717) is 60.6 Å². The van der Waals surface area contributed by atoms with Gasteiger partial charge in [-0.15, -0.1) is 0 Å². The summed E-state index contributed by atoms with van der Waals surface area (Å²) in [6.45, 7) is 5.92. The predicted molar refractivity (Wildman–Crippen MR) is 114 cm³/mol. The topological polar surface area (TPSA) is 81.7 Å². The number of nitrogens with one attached hydrogen (secondary N) is 1. The SMILES string of the molecule is CCOCCCn1c(N/N=C\c2ccc([C@H]3C[C@@H]3C)o2)nc2ccccc2c1=O. The van der Waals surface area contributed by atoms with Gasteiger partial charge in [-0.1, -0.05) is 19.1 Å². The van der Waals surface area contributed by atoms with Crippen LogP contribution in [0.4, 0.5) is 5.95 Å². The number of ether oxygens (including phenoxy) is 1. The zero-order valence-electron chi connectivity index (χ0n) is 16.8. The third-order valence-corrected chi connectivity index (χ3v) is 5.21. The molecule has 2 heterocycles. The smallest absolute Gasteiger partial charge is 0.262 e. The number of nitrogens with zero attached hydrogens (tertiary/aromatic N) is 3. The molecule has 0 aliphatic heterocycles. The maximum Gasteiger partial charge on any atom is 0.262 e. The number of hydrogen-bond acceptors (Lipinski definition) is 6. The van der Waals surface area contributed by atoms with Crippen molar-refractivity contribution < 1.29 is 9.15 Å². The van der Waals surface area contributed by atoms with Gasteiger partial charge < -0.3 is 9.15 Å². The Morgan fingerprint density at radius 2 is 2.17 bits per heavy atom. The molecule has 0 bridgehead atoms. The molecule has 1 aliphatic carbocycles. The first kappa shape index (κ1) is 19.4. The van der Waals surface area contributed by atoms with Crippen LogP contribution < -0.4 is 11.0 Å². The Balaban J connectivity index is 1.54. The summed E-state index contributed by atoms with van der Waals surface area (Å²) in [5, 5.41) is 4.85. The minimum atomic E-state index is -0.0900. The van der Waals surface area contributed by atoms with Gasteiger partial charge in [-0.25, -0.2) is 10.4 Å². The molecule has 1 saturated carbocycles. The van der Waals surface area contributed by atoms with Crippen molar-refractivity contribution in [1.29, 1.82) is 0 Å². The lowest BCUT2D eigenvalue weighted by atomic mass is 10.2. The van der Waals surface area contributed by atoms with Gasteiger partial charge in [0, 0.05) is 25.7 Å². The molecular formula is C22H26N4O3. The van der Waals surface area contributed by atoms with Gasteiger partial charge in [-0.2, -0.15) is 5.10 Å². The molecule has 1 N–H and O–H groups in total. The lowest BCUT2D eigenvalue weighted by Gasteiger charge is -2.12. The van der Waals surface area contributed by atoms with Crippen molar-refractivity contribution in [2.75, 3.05) is 18.6 Å². The first-order valence-electron chi connectivity index (χ1n) is 10.1. The van der Waals surface area contributed by atoms with Gasteiger partial charge in [0.25, 0.3) is 5.56 Å². The maximum atomic E-state index is 12.9. The molecule has 0 saturated heterocycles. The van der Waals surface area contributed by atoms with E-state index in [1.807, 2.05) is 37.3 Å². The van der Waals surface area contributed by atoms with Crippen LogP contribution in [0.5, 0.6) is 0 Å². The zero-order valence-corrected chi connectivity index (χ0v) is 16.8. The van der Waals surface area contributed by atoms with Crippen molar-refractivity contribution in [2.24, 2.45) is 11.0 Å². The van der Waals surface area contributed by atoms with E-state index >= 15 is 0 Å². The molecule has 0 spiro atoms. The monoisotopic (exact) mass is 394 g/mol. The molecule has 1 aliphatic rings. The maximum absolute atomic E-state index is 12.9. The Bertz CT molecular complexity index is 1070. The third kappa shape index (κ3) is 4.40. The lowest BCUT2D eigenvalue weighted by Crippen LogP contribution is -2.25. The quantitative estimate of drug-likeness (QED) is 0.337. The van der Waals surface area contributed by atoms with E-state index in [9.17, 15) is 4.79 Å². The number of hydrogen-bond donors (Lipinski definition) is 1. The molecule has 7 nitrogen and oxygen atoms in total. The summed E-state index contributed by atoms with van der Waals surface area (Å²) in [6, 6.07) is 11.2. The van der Waals surface area contributed by atoms with E-state index in [2.05, 4.69) is 22.4 Å². The molecular weight excluding hydrogens is 368 g/mol. The molecule has 0 radical (unpaired) electrons. The summed E-state index contributed by atoms with van der Waals surface area (Å²) in [6.07, 6.45) is 3.51. The fraction of sp³-hybridized carbons (Fsp3) is 0.409. The van der Waals surface area contributed by atoms with Gasteiger partial charge in [0.05, 0.1) is 17.1 Å². The average Bonchev–Trinajstić information content (AvgIpc) is 3.27. The summed E-state index contributed by atoms with van der Waals surface area (Å²) >= 11 is 0. The fourth-order valence-corrected chi connectivity index (χ4v) is 3.44. The van der Waals surface area contributed by atoms with Crippen LogP contribution in [0.1, 0.15) is 44.1 Å². The second-order valence-corrected chi connectivity index (χ2v) is 7.39. The number of anilines is 1. The number of hydrazone groups is 1. The second-order valence-electron chi connectivity index (χ2n) is 7.39. The van der Waals surface area contributed by atoms with Crippen molar-refractivity contribution in [3.05, 3.63) is 58.3 Å². The Kier molecular flexibility index (Phi) is 5.76. The molecule has 2 aromatic heterocycles. The molecule has 3 aromatic rings. The van der Waals surface area contributed by atoms with Crippen molar-refractivity contribution in [2.45, 2.75) is 39.2 Å². The minimum absolute atomic E-state index is 0.0900. The summed E-state index contributed by atoms with van der Waals surface area (Å²) in [7, 11) is 0. The van der Waals surface area contributed by atoms with Gasteiger partial charge in [0.1, 0.15) is 11.5 Å². The van der Waals surface area contributed by atoms with E-state index in [1.165, 1.54) is 6.42 Å². The largest absolute Gasteiger partial charge is 0.460 e. The highest BCUT2D eigenvalue weighted by molar-refractivity contribution is 5.79. The van der Waals surface area contributed by atoms with Crippen LogP contribution >= 0.6 is 0 Å². The minimum Gasteiger partial charge on any atom is -0.460 e. The zero-order chi connectivity index (χ0) is 20.2. The van der Waals surface area contributed by atoms with Crippen LogP contribution in [0.25, 0.3) is 10.9 Å². The van der Waals surface area contributed by atoms with Crippen molar-refractivity contribution >= 4 is 23.1 Å². The number of fused-ring (bicyclic) bond motifs is 1. The number of rotatable bonds is 9. The Morgan fingerprint density at radius 1 is 1.34 bits per heavy atom. The molecule has 0 amide bonds. The van der Waals surface area contributed by atoms with Gasteiger partial charge in [-0.05, 0) is 49.9 Å². The Morgan fingerprint density at radius 3 is 2.97 bits per heavy atom. The average molecular weight is 394 g/mol. The molecule has 4 rings (SSSR count). The van der Waals surface area contributed by atoms with E-state index < -0.39 is 0 Å².